The van der Waals surface area contributed by atoms with Gasteiger partial charge in [0.05, 0.1) is 27.1 Å². The highest BCUT2D eigenvalue weighted by Gasteiger charge is 2.13. The van der Waals surface area contributed by atoms with Crippen molar-refractivity contribution in [1.82, 2.24) is 4.57 Å². The normalized spacial score (nSPS) is 9.94. The van der Waals surface area contributed by atoms with Crippen molar-refractivity contribution in [2.45, 2.75) is 12.8 Å². The molecule has 0 aliphatic carbocycles. The predicted molar refractivity (Wildman–Crippen MR) is 56.9 cm³/mol. The van der Waals surface area contributed by atoms with Crippen LogP contribution in [0.5, 0.6) is 0 Å². The molecule has 1 aromatic heterocycles. The molecular formula is C11H15NO4. The lowest BCUT2D eigenvalue weighted by atomic mass is 10.1. The number of nitrogens with zero attached hydrogens (tertiary/aromatic N) is 1. The first-order chi connectivity index (χ1) is 7.56. The van der Waals surface area contributed by atoms with Crippen molar-refractivity contribution in [3.63, 3.8) is 0 Å². The Bertz CT molecular complexity index is 359. The Hall–Kier alpha value is -1.78. The van der Waals surface area contributed by atoms with Gasteiger partial charge >= 0.3 is 11.9 Å². The first kappa shape index (κ1) is 12.3. The van der Waals surface area contributed by atoms with E-state index in [2.05, 4.69) is 9.47 Å². The van der Waals surface area contributed by atoms with E-state index in [9.17, 15) is 9.59 Å². The van der Waals surface area contributed by atoms with Gasteiger partial charge in [0.25, 0.3) is 0 Å². The van der Waals surface area contributed by atoms with E-state index in [-0.39, 0.29) is 24.8 Å². The molecule has 16 heavy (non-hydrogen) atoms. The first-order valence-electron chi connectivity index (χ1n) is 4.84. The maximum absolute atomic E-state index is 11.2. The van der Waals surface area contributed by atoms with Crippen LogP contribution in [0.15, 0.2) is 12.4 Å². The number of carbonyl (C=O) groups excluding carboxylic acids is 2. The lowest BCUT2D eigenvalue weighted by Crippen LogP contribution is -2.09. The molecule has 0 aliphatic heterocycles. The number of rotatable bonds is 4. The van der Waals surface area contributed by atoms with E-state index < -0.39 is 0 Å². The van der Waals surface area contributed by atoms with Crippen LogP contribution in [0.25, 0.3) is 0 Å². The Labute approximate surface area is 94.0 Å². The van der Waals surface area contributed by atoms with Gasteiger partial charge in [-0.2, -0.15) is 0 Å². The number of esters is 2. The van der Waals surface area contributed by atoms with Crippen molar-refractivity contribution in [2.75, 3.05) is 14.2 Å². The van der Waals surface area contributed by atoms with Crippen LogP contribution < -0.4 is 0 Å². The van der Waals surface area contributed by atoms with Crippen LogP contribution in [-0.4, -0.2) is 30.7 Å². The van der Waals surface area contributed by atoms with E-state index in [0.29, 0.717) is 0 Å². The molecule has 0 bridgehead atoms. The molecule has 0 N–H and O–H groups in total. The van der Waals surface area contributed by atoms with Crippen molar-refractivity contribution in [3.05, 3.63) is 23.5 Å². The van der Waals surface area contributed by atoms with E-state index in [1.165, 1.54) is 14.2 Å². The molecule has 1 rings (SSSR count). The Morgan fingerprint density at radius 3 is 1.75 bits per heavy atom. The average Bonchev–Trinajstić information content (AvgIpc) is 2.58. The van der Waals surface area contributed by atoms with Gasteiger partial charge in [-0.15, -0.1) is 0 Å². The molecule has 0 radical (unpaired) electrons. The van der Waals surface area contributed by atoms with Crippen molar-refractivity contribution in [1.29, 1.82) is 0 Å². The highest BCUT2D eigenvalue weighted by atomic mass is 16.5. The molecule has 0 spiro atoms. The van der Waals surface area contributed by atoms with Gasteiger partial charge in [0.1, 0.15) is 0 Å². The summed E-state index contributed by atoms with van der Waals surface area (Å²) in [4.78, 5) is 22.3. The summed E-state index contributed by atoms with van der Waals surface area (Å²) in [6.07, 6.45) is 3.94. The molecule has 5 heteroatoms. The number of aryl methyl sites for hydroxylation is 1. The number of methoxy groups -OCH3 is 2. The smallest absolute Gasteiger partial charge is 0.310 e. The van der Waals surface area contributed by atoms with Gasteiger partial charge in [0.2, 0.25) is 0 Å². The lowest BCUT2D eigenvalue weighted by Gasteiger charge is -2.01. The van der Waals surface area contributed by atoms with Gasteiger partial charge in [-0.3, -0.25) is 9.59 Å². The molecule has 0 amide bonds. The number of aromatic nitrogens is 1. The molecule has 5 nitrogen and oxygen atoms in total. The highest BCUT2D eigenvalue weighted by Crippen LogP contribution is 2.12. The van der Waals surface area contributed by atoms with Gasteiger partial charge in [0, 0.05) is 19.4 Å². The molecule has 0 aliphatic rings. The van der Waals surface area contributed by atoms with E-state index in [4.69, 9.17) is 0 Å². The molecule has 0 saturated heterocycles. The summed E-state index contributed by atoms with van der Waals surface area (Å²) in [7, 11) is 4.51. The maximum atomic E-state index is 11.2. The SMILES string of the molecule is COC(=O)Cc1cn(C)cc1CC(=O)OC. The van der Waals surface area contributed by atoms with Crippen LogP contribution in [0.2, 0.25) is 0 Å². The second kappa shape index (κ2) is 5.34. The quantitative estimate of drug-likeness (QED) is 0.698. The van der Waals surface area contributed by atoms with Crippen molar-refractivity contribution >= 4 is 11.9 Å². The molecule has 0 unspecified atom stereocenters. The zero-order chi connectivity index (χ0) is 12.1. The summed E-state index contributed by atoms with van der Waals surface area (Å²) in [5.74, 6) is -0.644. The fourth-order valence-corrected chi connectivity index (χ4v) is 1.47. The Kier molecular flexibility index (Phi) is 4.10. The summed E-state index contributed by atoms with van der Waals surface area (Å²) >= 11 is 0. The van der Waals surface area contributed by atoms with Crippen molar-refractivity contribution < 1.29 is 19.1 Å². The molecule has 0 aromatic carbocycles. The number of ether oxygens (including phenoxy) is 2. The second-order valence-electron chi connectivity index (χ2n) is 3.48. The molecule has 1 aromatic rings. The molecular weight excluding hydrogens is 210 g/mol. The van der Waals surface area contributed by atoms with Gasteiger partial charge in [-0.25, -0.2) is 0 Å². The Morgan fingerprint density at radius 1 is 1.06 bits per heavy atom. The van der Waals surface area contributed by atoms with Gasteiger partial charge < -0.3 is 14.0 Å². The third-order valence-corrected chi connectivity index (χ3v) is 2.26. The third-order valence-electron chi connectivity index (χ3n) is 2.26. The second-order valence-corrected chi connectivity index (χ2v) is 3.48. The Morgan fingerprint density at radius 2 is 1.44 bits per heavy atom. The van der Waals surface area contributed by atoms with Gasteiger partial charge in [-0.05, 0) is 11.1 Å². The van der Waals surface area contributed by atoms with Crippen LogP contribution in [0.4, 0.5) is 0 Å². The van der Waals surface area contributed by atoms with Crippen LogP contribution in [0, 0.1) is 0 Å². The van der Waals surface area contributed by atoms with Crippen molar-refractivity contribution in [2.24, 2.45) is 7.05 Å². The third kappa shape index (κ3) is 3.12. The monoisotopic (exact) mass is 225 g/mol. The van der Waals surface area contributed by atoms with Crippen molar-refractivity contribution in [3.8, 4) is 0 Å². The molecule has 1 heterocycles. The number of hydrogen-bond donors (Lipinski definition) is 0. The zero-order valence-electron chi connectivity index (χ0n) is 9.65. The highest BCUT2D eigenvalue weighted by molar-refractivity contribution is 5.76. The zero-order valence-corrected chi connectivity index (χ0v) is 9.65. The summed E-state index contributed by atoms with van der Waals surface area (Å²) in [6, 6.07) is 0. The minimum Gasteiger partial charge on any atom is -0.469 e. The fraction of sp³-hybridized carbons (Fsp3) is 0.455. The first-order valence-corrected chi connectivity index (χ1v) is 4.84. The van der Waals surface area contributed by atoms with Crippen LogP contribution in [0.3, 0.4) is 0 Å². The van der Waals surface area contributed by atoms with E-state index in [0.717, 1.165) is 11.1 Å². The van der Waals surface area contributed by atoms with E-state index in [1.807, 2.05) is 7.05 Å². The summed E-state index contributed by atoms with van der Waals surface area (Å²) in [6.45, 7) is 0. The predicted octanol–water partition coefficient (Wildman–Crippen LogP) is 0.456. The molecule has 0 saturated carbocycles. The minimum absolute atomic E-state index is 0.170. The summed E-state index contributed by atoms with van der Waals surface area (Å²) in [5, 5.41) is 0. The number of carbonyl (C=O) groups is 2. The Balaban J connectivity index is 2.82. The topological polar surface area (TPSA) is 57.5 Å². The van der Waals surface area contributed by atoms with Gasteiger partial charge in [-0.1, -0.05) is 0 Å². The van der Waals surface area contributed by atoms with E-state index >= 15 is 0 Å². The van der Waals surface area contributed by atoms with Gasteiger partial charge in [0.15, 0.2) is 0 Å². The summed E-state index contributed by atoms with van der Waals surface area (Å²) in [5.41, 5.74) is 1.58. The fourth-order valence-electron chi connectivity index (χ4n) is 1.47. The van der Waals surface area contributed by atoms with Crippen LogP contribution in [-0.2, 0) is 39.0 Å². The maximum Gasteiger partial charge on any atom is 0.310 e. The largest absolute Gasteiger partial charge is 0.469 e. The average molecular weight is 225 g/mol. The number of hydrogen-bond acceptors (Lipinski definition) is 4. The van der Waals surface area contributed by atoms with Crippen LogP contribution in [0.1, 0.15) is 11.1 Å². The standard InChI is InChI=1S/C11H15NO4/c1-12-6-8(4-10(13)15-2)9(7-12)5-11(14)16-3/h6-7H,4-5H2,1-3H3. The molecule has 0 atom stereocenters. The molecule has 88 valence electrons. The minimum atomic E-state index is -0.322. The summed E-state index contributed by atoms with van der Waals surface area (Å²) < 4.78 is 11.0. The lowest BCUT2D eigenvalue weighted by molar-refractivity contribution is -0.141. The van der Waals surface area contributed by atoms with Crippen LogP contribution >= 0.6 is 0 Å². The molecule has 0 fully saturated rings. The van der Waals surface area contributed by atoms with E-state index in [1.54, 1.807) is 17.0 Å².